The molecule has 3 heteroatoms. The van der Waals surface area contributed by atoms with Gasteiger partial charge in [-0.2, -0.15) is 0 Å². The van der Waals surface area contributed by atoms with Gasteiger partial charge in [0, 0.05) is 30.0 Å². The highest BCUT2D eigenvalue weighted by molar-refractivity contribution is 5.40. The molecule has 16 heavy (non-hydrogen) atoms. The highest BCUT2D eigenvalue weighted by atomic mass is 16.5. The minimum Gasteiger partial charge on any atom is -0.493 e. The molecule has 2 heterocycles. The average Bonchev–Trinajstić information content (AvgIpc) is 2.98. The van der Waals surface area contributed by atoms with Gasteiger partial charge in [0.2, 0.25) is 0 Å². The van der Waals surface area contributed by atoms with Crippen LogP contribution in [0.3, 0.4) is 0 Å². The monoisotopic (exact) mass is 219 g/mol. The maximum atomic E-state index is 6.34. The smallest absolute Gasteiger partial charge is 0.122 e. The van der Waals surface area contributed by atoms with E-state index in [0.29, 0.717) is 11.8 Å². The maximum absolute atomic E-state index is 6.34. The molecule has 1 aromatic rings. The van der Waals surface area contributed by atoms with Gasteiger partial charge in [-0.15, -0.1) is 0 Å². The minimum absolute atomic E-state index is 0.158. The summed E-state index contributed by atoms with van der Waals surface area (Å²) in [5.41, 5.74) is 7.60. The highest BCUT2D eigenvalue weighted by Crippen LogP contribution is 2.37. The molecule has 1 aromatic carbocycles. The Morgan fingerprint density at radius 3 is 2.94 bits per heavy atom. The molecular weight excluding hydrogens is 202 g/mol. The second-order valence-electron chi connectivity index (χ2n) is 4.66. The Hall–Kier alpha value is -1.06. The average molecular weight is 219 g/mol. The molecule has 3 unspecified atom stereocenters. The van der Waals surface area contributed by atoms with Gasteiger partial charge in [0.1, 0.15) is 5.75 Å². The summed E-state index contributed by atoms with van der Waals surface area (Å²) >= 11 is 0. The second-order valence-corrected chi connectivity index (χ2v) is 4.66. The van der Waals surface area contributed by atoms with E-state index in [1.165, 1.54) is 5.56 Å². The molecule has 0 amide bonds. The Labute approximate surface area is 95.5 Å². The van der Waals surface area contributed by atoms with E-state index in [9.17, 15) is 0 Å². The van der Waals surface area contributed by atoms with Crippen molar-refractivity contribution in [3.8, 4) is 5.75 Å². The van der Waals surface area contributed by atoms with Crippen molar-refractivity contribution in [2.45, 2.75) is 18.4 Å². The van der Waals surface area contributed by atoms with Crippen molar-refractivity contribution in [1.82, 2.24) is 0 Å². The molecule has 86 valence electrons. The number of para-hydroxylation sites is 1. The fourth-order valence-corrected chi connectivity index (χ4v) is 2.69. The molecule has 3 rings (SSSR count). The zero-order valence-corrected chi connectivity index (χ0v) is 9.26. The third kappa shape index (κ3) is 1.60. The molecular formula is C13H17NO2. The molecule has 0 aromatic heterocycles. The van der Waals surface area contributed by atoms with E-state index in [1.54, 1.807) is 0 Å². The standard InChI is InChI=1S/C13H17NO2/c14-13(9-5-6-15-7-9)11-8-16-12-4-2-1-3-10(11)12/h1-4,9,11,13H,5-8,14H2. The van der Waals surface area contributed by atoms with E-state index < -0.39 is 0 Å². The molecule has 0 radical (unpaired) electrons. The summed E-state index contributed by atoms with van der Waals surface area (Å²) in [5.74, 6) is 1.82. The number of ether oxygens (including phenoxy) is 2. The Kier molecular flexibility index (Phi) is 2.58. The summed E-state index contributed by atoms with van der Waals surface area (Å²) in [6, 6.07) is 8.37. The Balaban J connectivity index is 1.81. The first-order chi connectivity index (χ1) is 7.86. The molecule has 0 bridgehead atoms. The summed E-state index contributed by atoms with van der Waals surface area (Å²) in [6.07, 6.45) is 1.08. The fourth-order valence-electron chi connectivity index (χ4n) is 2.69. The molecule has 0 aliphatic carbocycles. The van der Waals surface area contributed by atoms with E-state index in [-0.39, 0.29) is 6.04 Å². The lowest BCUT2D eigenvalue weighted by molar-refractivity contribution is 0.175. The van der Waals surface area contributed by atoms with Crippen molar-refractivity contribution in [2.75, 3.05) is 19.8 Å². The molecule has 2 aliphatic heterocycles. The van der Waals surface area contributed by atoms with E-state index in [1.807, 2.05) is 12.1 Å². The summed E-state index contributed by atoms with van der Waals surface area (Å²) in [4.78, 5) is 0. The van der Waals surface area contributed by atoms with Gasteiger partial charge in [0.25, 0.3) is 0 Å². The number of nitrogens with two attached hydrogens (primary N) is 1. The van der Waals surface area contributed by atoms with Gasteiger partial charge in [-0.3, -0.25) is 0 Å². The van der Waals surface area contributed by atoms with Crippen molar-refractivity contribution < 1.29 is 9.47 Å². The van der Waals surface area contributed by atoms with Crippen molar-refractivity contribution in [2.24, 2.45) is 11.7 Å². The second kappa shape index (κ2) is 4.07. The molecule has 2 aliphatic rings. The van der Waals surface area contributed by atoms with Crippen LogP contribution < -0.4 is 10.5 Å². The fraction of sp³-hybridized carbons (Fsp3) is 0.538. The zero-order valence-electron chi connectivity index (χ0n) is 9.26. The quantitative estimate of drug-likeness (QED) is 0.820. The van der Waals surface area contributed by atoms with Crippen LogP contribution in [0.4, 0.5) is 0 Å². The van der Waals surface area contributed by atoms with Gasteiger partial charge in [-0.1, -0.05) is 18.2 Å². The van der Waals surface area contributed by atoms with Gasteiger partial charge in [0.15, 0.2) is 0 Å². The summed E-state index contributed by atoms with van der Waals surface area (Å²) in [5, 5.41) is 0. The number of rotatable bonds is 2. The Morgan fingerprint density at radius 1 is 1.25 bits per heavy atom. The lowest BCUT2D eigenvalue weighted by Gasteiger charge is -2.23. The lowest BCUT2D eigenvalue weighted by Crippen LogP contribution is -2.37. The van der Waals surface area contributed by atoms with E-state index in [4.69, 9.17) is 15.2 Å². The first-order valence-corrected chi connectivity index (χ1v) is 5.91. The predicted molar refractivity (Wildman–Crippen MR) is 61.6 cm³/mol. The molecule has 0 saturated carbocycles. The number of hydrogen-bond donors (Lipinski definition) is 1. The molecule has 1 saturated heterocycles. The van der Waals surface area contributed by atoms with Gasteiger partial charge in [0.05, 0.1) is 13.2 Å². The maximum Gasteiger partial charge on any atom is 0.122 e. The number of benzene rings is 1. The highest BCUT2D eigenvalue weighted by Gasteiger charge is 2.35. The van der Waals surface area contributed by atoms with Crippen LogP contribution in [-0.2, 0) is 4.74 Å². The van der Waals surface area contributed by atoms with Crippen molar-refractivity contribution in [3.63, 3.8) is 0 Å². The molecule has 3 nitrogen and oxygen atoms in total. The number of hydrogen-bond acceptors (Lipinski definition) is 3. The summed E-state index contributed by atoms with van der Waals surface area (Å²) in [6.45, 7) is 2.38. The minimum atomic E-state index is 0.158. The van der Waals surface area contributed by atoms with E-state index in [2.05, 4.69) is 12.1 Å². The van der Waals surface area contributed by atoms with Crippen molar-refractivity contribution in [1.29, 1.82) is 0 Å². The lowest BCUT2D eigenvalue weighted by atomic mass is 9.85. The van der Waals surface area contributed by atoms with Crippen LogP contribution in [0, 0.1) is 5.92 Å². The normalized spacial score (nSPS) is 29.8. The summed E-state index contributed by atoms with van der Waals surface area (Å²) < 4.78 is 11.1. The van der Waals surface area contributed by atoms with Gasteiger partial charge >= 0.3 is 0 Å². The van der Waals surface area contributed by atoms with Crippen molar-refractivity contribution >= 4 is 0 Å². The third-order valence-corrected chi connectivity index (χ3v) is 3.71. The van der Waals surface area contributed by atoms with Crippen LogP contribution in [0.5, 0.6) is 5.75 Å². The van der Waals surface area contributed by atoms with Crippen molar-refractivity contribution in [3.05, 3.63) is 29.8 Å². The van der Waals surface area contributed by atoms with E-state index in [0.717, 1.165) is 32.0 Å². The van der Waals surface area contributed by atoms with Crippen LogP contribution in [0.25, 0.3) is 0 Å². The molecule has 2 N–H and O–H groups in total. The number of fused-ring (bicyclic) bond motifs is 1. The third-order valence-electron chi connectivity index (χ3n) is 3.71. The molecule has 3 atom stereocenters. The predicted octanol–water partition coefficient (Wildman–Crippen LogP) is 1.53. The SMILES string of the molecule is NC(C1CCOC1)C1COc2ccccc21. The van der Waals surface area contributed by atoms with Gasteiger partial charge < -0.3 is 15.2 Å². The molecule has 0 spiro atoms. The topological polar surface area (TPSA) is 44.5 Å². The Bertz CT molecular complexity index is 374. The van der Waals surface area contributed by atoms with Crippen LogP contribution >= 0.6 is 0 Å². The van der Waals surface area contributed by atoms with E-state index >= 15 is 0 Å². The van der Waals surface area contributed by atoms with Gasteiger partial charge in [-0.05, 0) is 12.5 Å². The Morgan fingerprint density at radius 2 is 2.12 bits per heavy atom. The van der Waals surface area contributed by atoms with Crippen LogP contribution in [0.1, 0.15) is 17.9 Å². The van der Waals surface area contributed by atoms with Crippen LogP contribution in [0.15, 0.2) is 24.3 Å². The first kappa shape index (κ1) is 10.1. The first-order valence-electron chi connectivity index (χ1n) is 5.91. The molecule has 1 fully saturated rings. The largest absolute Gasteiger partial charge is 0.493 e. The zero-order chi connectivity index (χ0) is 11.0. The van der Waals surface area contributed by atoms with Crippen LogP contribution in [0.2, 0.25) is 0 Å². The van der Waals surface area contributed by atoms with Gasteiger partial charge in [-0.25, -0.2) is 0 Å². The summed E-state index contributed by atoms with van der Waals surface area (Å²) in [7, 11) is 0. The van der Waals surface area contributed by atoms with Crippen LogP contribution in [-0.4, -0.2) is 25.9 Å².